The van der Waals surface area contributed by atoms with Gasteiger partial charge in [-0.25, -0.2) is 8.42 Å². The minimum Gasteiger partial charge on any atom is -0.317 e. The van der Waals surface area contributed by atoms with Gasteiger partial charge in [-0.3, -0.25) is 4.79 Å². The van der Waals surface area contributed by atoms with Gasteiger partial charge in [-0.1, -0.05) is 38.9 Å². The highest BCUT2D eigenvalue weighted by Gasteiger charge is 2.33. The number of rotatable bonds is 4. The molecule has 164 valence electrons. The summed E-state index contributed by atoms with van der Waals surface area (Å²) >= 11 is 10.8. The number of sulfonamides is 1. The second-order valence-corrected chi connectivity index (χ2v) is 11.6. The number of thiazole rings is 1. The summed E-state index contributed by atoms with van der Waals surface area (Å²) in [7, 11) is -3.68. The van der Waals surface area contributed by atoms with Crippen LogP contribution in [-0.4, -0.2) is 36.3 Å². The first-order chi connectivity index (χ1) is 14.8. The zero-order chi connectivity index (χ0) is 22.2. The zero-order valence-electron chi connectivity index (χ0n) is 16.8. The van der Waals surface area contributed by atoms with E-state index in [0.29, 0.717) is 35.8 Å². The number of nitrogens with zero attached hydrogens (tertiary/aromatic N) is 3. The molecule has 2 aromatic carbocycles. The molecule has 0 saturated carbocycles. The average Bonchev–Trinajstić information content (AvgIpc) is 3.10. The number of benzene rings is 2. The predicted molar refractivity (Wildman–Crippen MR) is 127 cm³/mol. The van der Waals surface area contributed by atoms with Gasteiger partial charge in [0.2, 0.25) is 10.0 Å². The Hall–Kier alpha value is -1.52. The Bertz CT molecular complexity index is 1300. The maximum absolute atomic E-state index is 13.0. The monoisotopic (exact) mass is 541 g/mol. The van der Waals surface area contributed by atoms with E-state index in [4.69, 9.17) is 11.6 Å². The van der Waals surface area contributed by atoms with Crippen molar-refractivity contribution in [1.29, 1.82) is 0 Å². The molecule has 1 saturated heterocycles. The molecule has 0 spiro atoms. The van der Waals surface area contributed by atoms with E-state index in [0.717, 1.165) is 14.7 Å². The second-order valence-electron chi connectivity index (χ2n) is 7.35. The molecule has 1 aromatic heterocycles. The quantitative estimate of drug-likeness (QED) is 0.481. The molecule has 1 fully saturated rings. The molecule has 2 heterocycles. The predicted octanol–water partition coefficient (Wildman–Crippen LogP) is 4.67. The van der Waals surface area contributed by atoms with Crippen LogP contribution in [0.2, 0.25) is 5.02 Å². The van der Waals surface area contributed by atoms with E-state index in [1.807, 2.05) is 29.7 Å². The van der Waals surface area contributed by atoms with Crippen LogP contribution in [0.25, 0.3) is 10.2 Å². The van der Waals surface area contributed by atoms with Crippen molar-refractivity contribution in [3.05, 3.63) is 56.8 Å². The van der Waals surface area contributed by atoms with E-state index in [9.17, 15) is 13.2 Å². The minimum atomic E-state index is -3.68. The van der Waals surface area contributed by atoms with Gasteiger partial charge in [0.1, 0.15) is 0 Å². The Labute approximate surface area is 198 Å². The van der Waals surface area contributed by atoms with Gasteiger partial charge in [-0.2, -0.15) is 9.30 Å². The summed E-state index contributed by atoms with van der Waals surface area (Å²) in [6.07, 6.45) is 1.24. The molecule has 6 nitrogen and oxygen atoms in total. The molecule has 1 amide bonds. The number of amides is 1. The van der Waals surface area contributed by atoms with Crippen LogP contribution < -0.4 is 4.80 Å². The zero-order valence-corrected chi connectivity index (χ0v) is 20.8. The lowest BCUT2D eigenvalue weighted by molar-refractivity contribution is -0.122. The van der Waals surface area contributed by atoms with Crippen molar-refractivity contribution in [1.82, 2.24) is 8.87 Å². The summed E-state index contributed by atoms with van der Waals surface area (Å²) < 4.78 is 31.4. The summed E-state index contributed by atoms with van der Waals surface area (Å²) in [6, 6.07) is 12.1. The van der Waals surface area contributed by atoms with Gasteiger partial charge in [0, 0.05) is 29.1 Å². The molecular weight excluding hydrogens is 522 g/mol. The van der Waals surface area contributed by atoms with Crippen LogP contribution in [0.5, 0.6) is 0 Å². The van der Waals surface area contributed by atoms with Gasteiger partial charge >= 0.3 is 0 Å². The number of fused-ring (bicyclic) bond motifs is 1. The Balaban J connectivity index is 1.61. The summed E-state index contributed by atoms with van der Waals surface area (Å²) in [6.45, 7) is 3.23. The molecule has 1 atom stereocenters. The van der Waals surface area contributed by atoms with E-state index in [1.165, 1.54) is 27.8 Å². The summed E-state index contributed by atoms with van der Waals surface area (Å²) in [5.41, 5.74) is 1.03. The summed E-state index contributed by atoms with van der Waals surface area (Å²) in [4.78, 5) is 18.2. The van der Waals surface area contributed by atoms with Crippen LogP contribution in [0.15, 0.2) is 56.8 Å². The van der Waals surface area contributed by atoms with Gasteiger partial charge in [-0.05, 0) is 62.2 Å². The molecule has 3 aromatic rings. The number of carbonyl (C=O) groups is 1. The minimum absolute atomic E-state index is 0.135. The Morgan fingerprint density at radius 2 is 2.00 bits per heavy atom. The highest BCUT2D eigenvalue weighted by molar-refractivity contribution is 9.10. The summed E-state index contributed by atoms with van der Waals surface area (Å²) in [5.74, 6) is -0.734. The fourth-order valence-corrected chi connectivity index (χ4v) is 7.04. The van der Waals surface area contributed by atoms with Crippen molar-refractivity contribution in [2.24, 2.45) is 10.9 Å². The van der Waals surface area contributed by atoms with Crippen LogP contribution in [0.1, 0.15) is 19.8 Å². The van der Waals surface area contributed by atoms with Crippen LogP contribution in [0.4, 0.5) is 0 Å². The molecule has 0 aliphatic carbocycles. The van der Waals surface area contributed by atoms with Gasteiger partial charge in [0.05, 0.1) is 21.0 Å². The number of hydrogen-bond acceptors (Lipinski definition) is 4. The van der Waals surface area contributed by atoms with E-state index in [2.05, 4.69) is 20.9 Å². The fourth-order valence-electron chi connectivity index (χ4n) is 3.74. The fraction of sp³-hybridized carbons (Fsp3) is 0.333. The molecule has 0 bridgehead atoms. The Kier molecular flexibility index (Phi) is 6.69. The third-order valence-corrected chi connectivity index (χ3v) is 9.02. The molecule has 31 heavy (non-hydrogen) atoms. The van der Waals surface area contributed by atoms with Gasteiger partial charge in [0.25, 0.3) is 5.91 Å². The van der Waals surface area contributed by atoms with Crippen molar-refractivity contribution in [3.63, 3.8) is 0 Å². The molecule has 0 radical (unpaired) electrons. The molecule has 1 aliphatic rings. The van der Waals surface area contributed by atoms with Crippen LogP contribution in [-0.2, 0) is 21.4 Å². The first-order valence-corrected chi connectivity index (χ1v) is 13.4. The molecule has 1 unspecified atom stereocenters. The smallest absolute Gasteiger partial charge is 0.252 e. The third kappa shape index (κ3) is 4.66. The molecule has 4 rings (SSSR count). The number of piperidine rings is 1. The first kappa shape index (κ1) is 22.7. The number of halogens is 2. The first-order valence-electron chi connectivity index (χ1n) is 9.93. The van der Waals surface area contributed by atoms with Crippen molar-refractivity contribution < 1.29 is 13.2 Å². The average molecular weight is 543 g/mol. The lowest BCUT2D eigenvalue weighted by atomic mass is 9.99. The van der Waals surface area contributed by atoms with Crippen molar-refractivity contribution in [2.45, 2.75) is 31.2 Å². The van der Waals surface area contributed by atoms with E-state index in [1.54, 1.807) is 12.1 Å². The van der Waals surface area contributed by atoms with E-state index in [-0.39, 0.29) is 17.3 Å². The Morgan fingerprint density at radius 3 is 2.71 bits per heavy atom. The number of aryl methyl sites for hydroxylation is 1. The van der Waals surface area contributed by atoms with Gasteiger partial charge < -0.3 is 4.57 Å². The molecule has 10 heteroatoms. The standard InChI is InChI=1S/C21H21BrClN3O3S2/c1-2-26-18-10-5-15(22)12-19(18)30-21(26)24-20(27)14-4-3-11-25(13-14)31(28,29)17-8-6-16(23)7-9-17/h5-10,12,14H,2-4,11,13H2,1H3. The van der Waals surface area contributed by atoms with Crippen LogP contribution >= 0.6 is 38.9 Å². The van der Waals surface area contributed by atoms with Crippen LogP contribution in [0, 0.1) is 5.92 Å². The largest absolute Gasteiger partial charge is 0.317 e. The highest BCUT2D eigenvalue weighted by atomic mass is 79.9. The van der Waals surface area contributed by atoms with Gasteiger partial charge in [-0.15, -0.1) is 0 Å². The number of hydrogen-bond donors (Lipinski definition) is 0. The number of aromatic nitrogens is 1. The SMILES string of the molecule is CCn1c(=NC(=O)C2CCCN(S(=O)(=O)c3ccc(Cl)cc3)C2)sc2cc(Br)ccc21. The molecular formula is C21H21BrClN3O3S2. The topological polar surface area (TPSA) is 71.7 Å². The van der Waals surface area contributed by atoms with Crippen molar-refractivity contribution in [3.8, 4) is 0 Å². The molecule has 1 aliphatic heterocycles. The van der Waals surface area contributed by atoms with Crippen molar-refractivity contribution >= 4 is 65.0 Å². The Morgan fingerprint density at radius 1 is 1.26 bits per heavy atom. The lowest BCUT2D eigenvalue weighted by Gasteiger charge is -2.30. The molecule has 0 N–H and O–H groups in total. The van der Waals surface area contributed by atoms with Crippen molar-refractivity contribution in [2.75, 3.05) is 13.1 Å². The maximum Gasteiger partial charge on any atom is 0.252 e. The van der Waals surface area contributed by atoms with E-state index < -0.39 is 15.9 Å². The maximum atomic E-state index is 13.0. The number of carbonyl (C=O) groups excluding carboxylic acids is 1. The summed E-state index contributed by atoms with van der Waals surface area (Å²) in [5, 5.41) is 0.476. The second kappa shape index (κ2) is 9.15. The normalized spacial score (nSPS) is 18.5. The van der Waals surface area contributed by atoms with Gasteiger partial charge in [0.15, 0.2) is 4.80 Å². The van der Waals surface area contributed by atoms with Crippen LogP contribution in [0.3, 0.4) is 0 Å². The highest BCUT2D eigenvalue weighted by Crippen LogP contribution is 2.26. The lowest BCUT2D eigenvalue weighted by Crippen LogP contribution is -2.42. The third-order valence-electron chi connectivity index (χ3n) is 5.35. The van der Waals surface area contributed by atoms with E-state index >= 15 is 0 Å².